The maximum Gasteiger partial charge on any atom is 0.251 e. The third-order valence-electron chi connectivity index (χ3n) is 3.77. The Kier molecular flexibility index (Phi) is 5.57. The summed E-state index contributed by atoms with van der Waals surface area (Å²) < 4.78 is 15.6. The number of halogens is 1. The van der Waals surface area contributed by atoms with Crippen molar-refractivity contribution in [3.8, 4) is 11.4 Å². The number of nitrogens with zero attached hydrogens (tertiary/aromatic N) is 3. The van der Waals surface area contributed by atoms with Crippen molar-refractivity contribution >= 4 is 39.9 Å². The first-order valence-electron chi connectivity index (χ1n) is 7.87. The molecular formula is C17H16FN5O2S2. The number of anilines is 1. The average Bonchev–Trinajstić information content (AvgIpc) is 3.23. The van der Waals surface area contributed by atoms with E-state index in [9.17, 15) is 14.0 Å². The minimum atomic E-state index is -0.602. The van der Waals surface area contributed by atoms with E-state index in [-0.39, 0.29) is 11.5 Å². The summed E-state index contributed by atoms with van der Waals surface area (Å²) in [5.74, 6) is -0.931. The van der Waals surface area contributed by atoms with Gasteiger partial charge in [0.2, 0.25) is 5.91 Å². The second kappa shape index (κ2) is 7.89. The summed E-state index contributed by atoms with van der Waals surface area (Å²) in [6.45, 7) is 1.70. The molecule has 2 heterocycles. The zero-order valence-electron chi connectivity index (χ0n) is 14.5. The quantitative estimate of drug-likeness (QED) is 0.614. The van der Waals surface area contributed by atoms with Gasteiger partial charge in [-0.2, -0.15) is 0 Å². The zero-order valence-corrected chi connectivity index (χ0v) is 16.1. The van der Waals surface area contributed by atoms with Gasteiger partial charge in [0.1, 0.15) is 10.8 Å². The molecule has 2 aromatic heterocycles. The maximum atomic E-state index is 14.0. The third kappa shape index (κ3) is 4.01. The number of thiophene rings is 1. The summed E-state index contributed by atoms with van der Waals surface area (Å²) in [7, 11) is 1.71. The Balaban J connectivity index is 1.74. The summed E-state index contributed by atoms with van der Waals surface area (Å²) in [6.07, 6.45) is 0. The highest BCUT2D eigenvalue weighted by Gasteiger charge is 2.22. The first kappa shape index (κ1) is 19.1. The van der Waals surface area contributed by atoms with Gasteiger partial charge in [0.05, 0.1) is 16.4 Å². The van der Waals surface area contributed by atoms with E-state index in [2.05, 4.69) is 15.5 Å². The van der Waals surface area contributed by atoms with Crippen LogP contribution in [0.5, 0.6) is 0 Å². The summed E-state index contributed by atoms with van der Waals surface area (Å²) >= 11 is 2.40. The average molecular weight is 405 g/mol. The van der Waals surface area contributed by atoms with Crippen LogP contribution in [0.2, 0.25) is 0 Å². The van der Waals surface area contributed by atoms with Crippen molar-refractivity contribution in [2.24, 2.45) is 12.8 Å². The molecule has 0 aliphatic rings. The van der Waals surface area contributed by atoms with Crippen molar-refractivity contribution in [1.29, 1.82) is 0 Å². The number of hydrogen-bond donors (Lipinski definition) is 2. The highest BCUT2D eigenvalue weighted by molar-refractivity contribution is 8.00. The molecule has 3 aromatic rings. The number of carbonyl (C=O) groups is 2. The Morgan fingerprint density at radius 2 is 2.04 bits per heavy atom. The molecule has 0 saturated carbocycles. The van der Waals surface area contributed by atoms with Crippen molar-refractivity contribution in [1.82, 2.24) is 14.8 Å². The fourth-order valence-electron chi connectivity index (χ4n) is 2.32. The van der Waals surface area contributed by atoms with Crippen molar-refractivity contribution in [3.05, 3.63) is 47.1 Å². The van der Waals surface area contributed by atoms with Crippen molar-refractivity contribution in [2.75, 3.05) is 5.32 Å². The molecule has 0 saturated heterocycles. The third-order valence-corrected chi connectivity index (χ3v) is 5.73. The number of primary amides is 1. The first-order chi connectivity index (χ1) is 12.9. The van der Waals surface area contributed by atoms with Gasteiger partial charge in [-0.05, 0) is 30.5 Å². The number of nitrogens with one attached hydrogen (secondary N) is 1. The number of nitrogens with two attached hydrogens (primary N) is 1. The summed E-state index contributed by atoms with van der Waals surface area (Å²) in [6, 6.07) is 7.84. The normalized spacial score (nSPS) is 12.0. The zero-order chi connectivity index (χ0) is 19.6. The van der Waals surface area contributed by atoms with Crippen LogP contribution in [0.25, 0.3) is 11.4 Å². The molecule has 0 aliphatic carbocycles. The molecule has 0 fully saturated rings. The van der Waals surface area contributed by atoms with Crippen LogP contribution in [0.1, 0.15) is 17.3 Å². The molecule has 3 rings (SSSR count). The number of benzene rings is 1. The molecule has 10 heteroatoms. The SMILES string of the molecule is C[C@@H](Sc1nnc(-c2ccccc2F)n1C)C(=O)Nc1sccc1C(N)=O. The molecule has 140 valence electrons. The number of rotatable bonds is 6. The number of carbonyl (C=O) groups excluding carboxylic acids is 2. The topological polar surface area (TPSA) is 103 Å². The number of hydrogen-bond acceptors (Lipinski definition) is 6. The predicted octanol–water partition coefficient (Wildman–Crippen LogP) is 2.90. The summed E-state index contributed by atoms with van der Waals surface area (Å²) in [5.41, 5.74) is 5.89. The monoisotopic (exact) mass is 405 g/mol. The minimum absolute atomic E-state index is 0.269. The molecule has 0 unspecified atom stereocenters. The summed E-state index contributed by atoms with van der Waals surface area (Å²) in [4.78, 5) is 23.8. The number of thioether (sulfide) groups is 1. The second-order valence-electron chi connectivity index (χ2n) is 5.62. The Morgan fingerprint density at radius 3 is 2.74 bits per heavy atom. The van der Waals surface area contributed by atoms with Crippen LogP contribution in [-0.4, -0.2) is 31.8 Å². The standard InChI is InChI=1S/C17H16FN5O2S2/c1-9(15(25)20-16-11(13(19)24)7-8-26-16)27-17-22-21-14(23(17)2)10-5-3-4-6-12(10)18/h3-9H,1-2H3,(H2,19,24)(H,20,25)/t9-/m1/s1. The van der Waals surface area contributed by atoms with E-state index in [1.807, 2.05) is 0 Å². The van der Waals surface area contributed by atoms with Crippen molar-refractivity contribution in [2.45, 2.75) is 17.3 Å². The van der Waals surface area contributed by atoms with Crippen LogP contribution < -0.4 is 11.1 Å². The van der Waals surface area contributed by atoms with Gasteiger partial charge in [-0.25, -0.2) is 4.39 Å². The lowest BCUT2D eigenvalue weighted by Crippen LogP contribution is -2.24. The largest absolute Gasteiger partial charge is 0.366 e. The highest BCUT2D eigenvalue weighted by Crippen LogP contribution is 2.28. The van der Waals surface area contributed by atoms with E-state index in [1.165, 1.54) is 29.2 Å². The van der Waals surface area contributed by atoms with Gasteiger partial charge in [0.15, 0.2) is 11.0 Å². The van der Waals surface area contributed by atoms with Crippen LogP contribution >= 0.6 is 23.1 Å². The molecule has 0 aliphatic heterocycles. The van der Waals surface area contributed by atoms with Crippen molar-refractivity contribution in [3.63, 3.8) is 0 Å². The van der Waals surface area contributed by atoms with E-state index in [1.54, 1.807) is 48.2 Å². The molecule has 1 atom stereocenters. The van der Waals surface area contributed by atoms with E-state index in [4.69, 9.17) is 5.73 Å². The molecular weight excluding hydrogens is 389 g/mol. The second-order valence-corrected chi connectivity index (χ2v) is 7.85. The molecule has 27 heavy (non-hydrogen) atoms. The molecule has 0 bridgehead atoms. The van der Waals surface area contributed by atoms with E-state index in [0.717, 1.165) is 0 Å². The Morgan fingerprint density at radius 1 is 1.30 bits per heavy atom. The molecule has 2 amide bonds. The molecule has 3 N–H and O–H groups in total. The van der Waals surface area contributed by atoms with Crippen LogP contribution in [0.4, 0.5) is 9.39 Å². The van der Waals surface area contributed by atoms with Gasteiger partial charge in [0.25, 0.3) is 5.91 Å². The van der Waals surface area contributed by atoms with Gasteiger partial charge in [-0.3, -0.25) is 9.59 Å². The predicted molar refractivity (Wildman–Crippen MR) is 103 cm³/mol. The van der Waals surface area contributed by atoms with Gasteiger partial charge >= 0.3 is 0 Å². The van der Waals surface area contributed by atoms with E-state index >= 15 is 0 Å². The molecule has 1 aromatic carbocycles. The van der Waals surface area contributed by atoms with Gasteiger partial charge in [-0.1, -0.05) is 23.9 Å². The molecule has 0 spiro atoms. The van der Waals surface area contributed by atoms with Crippen molar-refractivity contribution < 1.29 is 14.0 Å². The van der Waals surface area contributed by atoms with Crippen LogP contribution in [-0.2, 0) is 11.8 Å². The Bertz CT molecular complexity index is 1000. The lowest BCUT2D eigenvalue weighted by atomic mass is 10.2. The van der Waals surface area contributed by atoms with Crippen LogP contribution in [0.3, 0.4) is 0 Å². The number of aromatic nitrogens is 3. The van der Waals surface area contributed by atoms with Gasteiger partial charge in [0, 0.05) is 7.05 Å². The van der Waals surface area contributed by atoms with Crippen LogP contribution in [0.15, 0.2) is 40.9 Å². The van der Waals surface area contributed by atoms with Gasteiger partial charge in [-0.15, -0.1) is 21.5 Å². The van der Waals surface area contributed by atoms with Crippen LogP contribution in [0, 0.1) is 5.82 Å². The van der Waals surface area contributed by atoms with Gasteiger partial charge < -0.3 is 15.6 Å². The smallest absolute Gasteiger partial charge is 0.251 e. The summed E-state index contributed by atoms with van der Waals surface area (Å²) in [5, 5.41) is 12.8. The number of amides is 2. The minimum Gasteiger partial charge on any atom is -0.366 e. The fraction of sp³-hybridized carbons (Fsp3) is 0.176. The van der Waals surface area contributed by atoms with E-state index in [0.29, 0.717) is 21.5 Å². The highest BCUT2D eigenvalue weighted by atomic mass is 32.2. The lowest BCUT2D eigenvalue weighted by molar-refractivity contribution is -0.115. The maximum absolute atomic E-state index is 14.0. The molecule has 0 radical (unpaired) electrons. The molecule has 7 nitrogen and oxygen atoms in total. The lowest BCUT2D eigenvalue weighted by Gasteiger charge is -2.11. The Hall–Kier alpha value is -2.72. The first-order valence-corrected chi connectivity index (χ1v) is 9.63. The van der Waals surface area contributed by atoms with E-state index < -0.39 is 17.0 Å². The fourth-order valence-corrected chi connectivity index (χ4v) is 3.93. The Labute approximate surface area is 162 Å².